The number of halogens is 1. The van der Waals surface area contributed by atoms with Gasteiger partial charge >= 0.3 is 24.1 Å². The number of ether oxygens (including phenoxy) is 4. The van der Waals surface area contributed by atoms with Crippen molar-refractivity contribution in [1.82, 2.24) is 4.98 Å². The maximum Gasteiger partial charge on any atom is 0.304 e. The van der Waals surface area contributed by atoms with Crippen molar-refractivity contribution in [2.75, 3.05) is 0 Å². The number of carbonyl (C=O) groups excluding carboxylic acids is 3. The molecule has 0 spiro atoms. The summed E-state index contributed by atoms with van der Waals surface area (Å²) in [7, 11) is 0. The Kier molecular flexibility index (Phi) is 7.99. The molecule has 1 aliphatic rings. The van der Waals surface area contributed by atoms with Crippen molar-refractivity contribution in [1.29, 1.82) is 0 Å². The van der Waals surface area contributed by atoms with E-state index in [2.05, 4.69) is 31.0 Å². The van der Waals surface area contributed by atoms with Crippen LogP contribution < -0.4 is 21.5 Å². The van der Waals surface area contributed by atoms with Crippen molar-refractivity contribution >= 4 is 50.5 Å². The van der Waals surface area contributed by atoms with E-state index in [4.69, 9.17) is 18.9 Å². The van der Waals surface area contributed by atoms with E-state index in [1.807, 2.05) is 35.2 Å². The highest BCUT2D eigenvalue weighted by Crippen LogP contribution is 2.37. The predicted octanol–water partition coefficient (Wildman–Crippen LogP) is 1.10. The number of hydrogen-bond donors (Lipinski definition) is 1. The number of aryl methyl sites for hydroxylation is 2. The number of nitrogens with zero attached hydrogens (tertiary/aromatic N) is 1. The van der Waals surface area contributed by atoms with Gasteiger partial charge in [0.25, 0.3) is 0 Å². The van der Waals surface area contributed by atoms with E-state index in [0.717, 1.165) is 43.7 Å². The standard InChI is InChI=1S/C29H30N2O7.BrH/c1-14-22-13-31(12-11-20(22)15(2)25-24(14)21-9-7-8-10-23(21)30-25)29-28(38-19(6)34)27(37-18(5)33)26(16(3)35-29)36-17(4)32;/h7-13,16,26-29H,1-6H3;1H/t16-,26-,27+,28+,29+;/m0./s1. The maximum absolute atomic E-state index is 12.1. The molecule has 0 amide bonds. The second-order valence-corrected chi connectivity index (χ2v) is 9.84. The van der Waals surface area contributed by atoms with E-state index in [-0.39, 0.29) is 17.0 Å². The number of benzene rings is 2. The second-order valence-electron chi connectivity index (χ2n) is 9.84. The van der Waals surface area contributed by atoms with Gasteiger partial charge in [-0.05, 0) is 43.4 Å². The highest BCUT2D eigenvalue weighted by atomic mass is 79.9. The number of fused-ring (bicyclic) bond motifs is 4. The van der Waals surface area contributed by atoms with E-state index in [1.165, 1.54) is 20.8 Å². The Labute approximate surface area is 236 Å². The third-order valence-corrected chi connectivity index (χ3v) is 7.19. The minimum absolute atomic E-state index is 0. The summed E-state index contributed by atoms with van der Waals surface area (Å²) in [5.41, 5.74) is 4.37. The molecule has 10 heteroatoms. The number of pyridine rings is 1. The number of aromatic amines is 1. The Bertz CT molecular complexity index is 1600. The first-order valence-corrected chi connectivity index (χ1v) is 12.6. The van der Waals surface area contributed by atoms with Crippen LogP contribution in [0.25, 0.3) is 32.6 Å². The average molecular weight is 599 g/mol. The van der Waals surface area contributed by atoms with Crippen molar-refractivity contribution in [2.45, 2.75) is 72.2 Å². The quantitative estimate of drug-likeness (QED) is 0.213. The minimum atomic E-state index is -1.06. The first kappa shape index (κ1) is 28.5. The molecule has 0 radical (unpaired) electrons. The van der Waals surface area contributed by atoms with E-state index in [9.17, 15) is 14.4 Å². The fraction of sp³-hybridized carbons (Fsp3) is 0.379. The van der Waals surface area contributed by atoms with Crippen molar-refractivity contribution in [3.63, 3.8) is 0 Å². The van der Waals surface area contributed by atoms with Gasteiger partial charge in [-0.15, -0.1) is 0 Å². The number of esters is 3. The van der Waals surface area contributed by atoms with E-state index in [1.54, 1.807) is 6.92 Å². The van der Waals surface area contributed by atoms with Crippen LogP contribution in [0.15, 0.2) is 42.7 Å². The Hall–Kier alpha value is -3.50. The molecule has 9 nitrogen and oxygen atoms in total. The van der Waals surface area contributed by atoms with Crippen LogP contribution >= 0.6 is 0 Å². The minimum Gasteiger partial charge on any atom is -1.00 e. The van der Waals surface area contributed by atoms with Gasteiger partial charge in [0.1, 0.15) is 6.10 Å². The van der Waals surface area contributed by atoms with Crippen LogP contribution in [0.1, 0.15) is 45.0 Å². The Morgan fingerprint density at radius 1 is 0.821 bits per heavy atom. The Morgan fingerprint density at radius 3 is 2.10 bits per heavy atom. The topological polar surface area (TPSA) is 108 Å². The molecule has 3 heterocycles. The van der Waals surface area contributed by atoms with Gasteiger partial charge in [-0.1, -0.05) is 18.2 Å². The first-order chi connectivity index (χ1) is 18.1. The lowest BCUT2D eigenvalue weighted by Crippen LogP contribution is -3.00. The van der Waals surface area contributed by atoms with E-state index < -0.39 is 48.6 Å². The smallest absolute Gasteiger partial charge is 0.304 e. The molecule has 1 aliphatic heterocycles. The molecule has 5 rings (SSSR count). The number of rotatable bonds is 4. The second kappa shape index (κ2) is 10.9. The SMILES string of the molecule is CC(=O)O[C@@H]1[C@@H](OC(C)=O)[C@H](C)O[C@@H]([n+]2ccc3c(C)c4[nH]c5ccccc5c4c(C)c3c2)[C@@H]1OC(C)=O.[Br-]. The van der Waals surface area contributed by atoms with Gasteiger partial charge < -0.3 is 40.9 Å². The number of carbonyl (C=O) groups is 3. The summed E-state index contributed by atoms with van der Waals surface area (Å²) in [5, 5.41) is 4.36. The number of para-hydroxylation sites is 1. The number of nitrogens with one attached hydrogen (secondary N) is 1. The van der Waals surface area contributed by atoms with Gasteiger partial charge in [0.05, 0.1) is 5.52 Å². The zero-order valence-corrected chi connectivity index (χ0v) is 24.2. The molecule has 1 N–H and O–H groups in total. The highest BCUT2D eigenvalue weighted by molar-refractivity contribution is 6.16. The molecule has 5 atom stereocenters. The monoisotopic (exact) mass is 598 g/mol. The highest BCUT2D eigenvalue weighted by Gasteiger charge is 2.54. The molecule has 39 heavy (non-hydrogen) atoms. The lowest BCUT2D eigenvalue weighted by atomic mass is 9.95. The number of aromatic nitrogens is 2. The van der Waals surface area contributed by atoms with Crippen molar-refractivity contribution < 1.29 is 54.9 Å². The zero-order valence-electron chi connectivity index (χ0n) is 22.6. The summed E-state index contributed by atoms with van der Waals surface area (Å²) < 4.78 is 24.8. The van der Waals surface area contributed by atoms with Crippen LogP contribution in [0.3, 0.4) is 0 Å². The molecule has 2 aromatic carbocycles. The van der Waals surface area contributed by atoms with Crippen LogP contribution in [-0.4, -0.2) is 47.3 Å². The third kappa shape index (κ3) is 5.10. The van der Waals surface area contributed by atoms with Crippen LogP contribution in [0.4, 0.5) is 0 Å². The lowest BCUT2D eigenvalue weighted by molar-refractivity contribution is -0.776. The molecule has 0 saturated carbocycles. The molecule has 206 valence electrons. The normalized spacial score (nSPS) is 22.9. The fourth-order valence-electron chi connectivity index (χ4n) is 5.61. The van der Waals surface area contributed by atoms with E-state index >= 15 is 0 Å². The molecular formula is C29H31BrN2O7. The zero-order chi connectivity index (χ0) is 27.3. The van der Waals surface area contributed by atoms with Crippen LogP contribution in [-0.2, 0) is 33.3 Å². The van der Waals surface area contributed by atoms with Gasteiger partial charge in [-0.25, -0.2) is 0 Å². The molecular weight excluding hydrogens is 568 g/mol. The Morgan fingerprint density at radius 2 is 1.44 bits per heavy atom. The summed E-state index contributed by atoms with van der Waals surface area (Å²) in [6.07, 6.45) is -0.741. The van der Waals surface area contributed by atoms with Crippen LogP contribution in [0, 0.1) is 13.8 Å². The van der Waals surface area contributed by atoms with Gasteiger partial charge in [-0.2, -0.15) is 4.57 Å². The first-order valence-electron chi connectivity index (χ1n) is 12.6. The summed E-state index contributed by atoms with van der Waals surface area (Å²) in [5.74, 6) is -1.73. The van der Waals surface area contributed by atoms with Crippen LogP contribution in [0.2, 0.25) is 0 Å². The average Bonchev–Trinajstić information content (AvgIpc) is 3.25. The number of hydrogen-bond acceptors (Lipinski definition) is 7. The third-order valence-electron chi connectivity index (χ3n) is 7.19. The molecule has 2 aromatic heterocycles. The van der Waals surface area contributed by atoms with Crippen molar-refractivity contribution in [3.05, 3.63) is 53.9 Å². The van der Waals surface area contributed by atoms with Crippen LogP contribution in [0.5, 0.6) is 0 Å². The molecule has 1 saturated heterocycles. The number of H-pyrrole nitrogens is 1. The molecule has 0 unspecified atom stereocenters. The van der Waals surface area contributed by atoms with Crippen molar-refractivity contribution in [2.24, 2.45) is 0 Å². The van der Waals surface area contributed by atoms with E-state index in [0.29, 0.717) is 0 Å². The largest absolute Gasteiger partial charge is 1.00 e. The summed E-state index contributed by atoms with van der Waals surface area (Å²) in [6.45, 7) is 9.69. The summed E-state index contributed by atoms with van der Waals surface area (Å²) >= 11 is 0. The lowest BCUT2D eigenvalue weighted by Gasteiger charge is -2.41. The Balaban J connectivity index is 0.00000353. The maximum atomic E-state index is 12.1. The fourth-order valence-corrected chi connectivity index (χ4v) is 5.61. The molecule has 1 fully saturated rings. The van der Waals surface area contributed by atoms with Gasteiger partial charge in [0.15, 0.2) is 24.6 Å². The van der Waals surface area contributed by atoms with Gasteiger partial charge in [0.2, 0.25) is 6.10 Å². The molecule has 0 aliphatic carbocycles. The van der Waals surface area contributed by atoms with Gasteiger partial charge in [0, 0.05) is 48.5 Å². The summed E-state index contributed by atoms with van der Waals surface area (Å²) in [4.78, 5) is 39.6. The van der Waals surface area contributed by atoms with Crippen molar-refractivity contribution in [3.8, 4) is 0 Å². The summed E-state index contributed by atoms with van der Waals surface area (Å²) in [6, 6.07) is 10.2. The van der Waals surface area contributed by atoms with Gasteiger partial charge in [-0.3, -0.25) is 14.4 Å². The predicted molar refractivity (Wildman–Crippen MR) is 139 cm³/mol. The molecule has 4 aromatic rings. The molecule has 0 bridgehead atoms.